The van der Waals surface area contributed by atoms with Crippen LogP contribution in [0.3, 0.4) is 0 Å². The monoisotopic (exact) mass is 535 g/mol. The van der Waals surface area contributed by atoms with Crippen LogP contribution in [0.2, 0.25) is 0 Å². The molecule has 1 heterocycles. The van der Waals surface area contributed by atoms with Gasteiger partial charge in [0, 0.05) is 15.7 Å². The summed E-state index contributed by atoms with van der Waals surface area (Å²) in [6.07, 6.45) is 1.42. The van der Waals surface area contributed by atoms with Crippen molar-refractivity contribution in [3.63, 3.8) is 0 Å². The van der Waals surface area contributed by atoms with Crippen molar-refractivity contribution in [1.82, 2.24) is 5.43 Å². The van der Waals surface area contributed by atoms with E-state index in [2.05, 4.69) is 26.7 Å². The van der Waals surface area contributed by atoms with Crippen LogP contribution in [0.1, 0.15) is 11.1 Å². The summed E-state index contributed by atoms with van der Waals surface area (Å²) in [5.41, 5.74) is 5.01. The van der Waals surface area contributed by atoms with Crippen molar-refractivity contribution in [2.75, 3.05) is 24.0 Å². The first-order valence-electron chi connectivity index (χ1n) is 10.7. The van der Waals surface area contributed by atoms with Crippen molar-refractivity contribution in [3.05, 3.63) is 87.9 Å². The minimum Gasteiger partial charge on any atom is -0.493 e. The van der Waals surface area contributed by atoms with E-state index >= 15 is 0 Å². The minimum absolute atomic E-state index is 0.0804. The lowest BCUT2D eigenvalue weighted by molar-refractivity contribution is -0.118. The Balaban J connectivity index is 1.61. The second kappa shape index (κ2) is 10.4. The summed E-state index contributed by atoms with van der Waals surface area (Å²) in [4.78, 5) is 38.2. The third-order valence-corrected chi connectivity index (χ3v) is 5.70. The van der Waals surface area contributed by atoms with Crippen LogP contribution in [0.15, 0.2) is 76.8 Å². The number of methoxy groups -OCH3 is 1. The number of para-hydroxylation sites is 2. The number of rotatable bonds is 7. The van der Waals surface area contributed by atoms with Crippen LogP contribution in [0.5, 0.6) is 11.5 Å². The SMILES string of the molecule is COc1cc(Br)cc(/C=C2\C(=O)NN(c3ccccc3)C2=O)c1OCC(=O)Nc1ccccc1C. The van der Waals surface area contributed by atoms with Crippen LogP contribution < -0.4 is 25.2 Å². The fourth-order valence-electron chi connectivity index (χ4n) is 3.51. The van der Waals surface area contributed by atoms with Crippen LogP contribution in [-0.4, -0.2) is 31.4 Å². The molecule has 0 spiro atoms. The van der Waals surface area contributed by atoms with Gasteiger partial charge in [-0.25, -0.2) is 5.01 Å². The molecule has 178 valence electrons. The van der Waals surface area contributed by atoms with Crippen LogP contribution >= 0.6 is 15.9 Å². The van der Waals surface area contributed by atoms with Gasteiger partial charge in [-0.2, -0.15) is 0 Å². The highest BCUT2D eigenvalue weighted by atomic mass is 79.9. The lowest BCUT2D eigenvalue weighted by Gasteiger charge is -2.15. The van der Waals surface area contributed by atoms with Gasteiger partial charge in [-0.3, -0.25) is 19.8 Å². The van der Waals surface area contributed by atoms with E-state index in [1.807, 2.05) is 31.2 Å². The first kappa shape index (κ1) is 24.0. The highest BCUT2D eigenvalue weighted by Crippen LogP contribution is 2.37. The Bertz CT molecular complexity index is 1320. The van der Waals surface area contributed by atoms with Gasteiger partial charge in [0.15, 0.2) is 18.1 Å². The topological polar surface area (TPSA) is 97.0 Å². The Kier molecular flexibility index (Phi) is 7.17. The summed E-state index contributed by atoms with van der Waals surface area (Å²) in [6, 6.07) is 19.5. The molecule has 35 heavy (non-hydrogen) atoms. The van der Waals surface area contributed by atoms with Crippen molar-refractivity contribution in [3.8, 4) is 11.5 Å². The molecule has 3 amide bonds. The number of carbonyl (C=O) groups is 3. The number of nitrogens with zero attached hydrogens (tertiary/aromatic N) is 1. The normalized spacial score (nSPS) is 14.1. The van der Waals surface area contributed by atoms with Gasteiger partial charge in [0.05, 0.1) is 12.8 Å². The zero-order valence-corrected chi connectivity index (χ0v) is 20.6. The van der Waals surface area contributed by atoms with Gasteiger partial charge in [0.25, 0.3) is 17.7 Å². The van der Waals surface area contributed by atoms with E-state index in [1.54, 1.807) is 42.5 Å². The molecule has 0 aromatic heterocycles. The van der Waals surface area contributed by atoms with E-state index in [4.69, 9.17) is 9.47 Å². The largest absolute Gasteiger partial charge is 0.493 e. The molecule has 3 aromatic rings. The predicted molar refractivity (Wildman–Crippen MR) is 136 cm³/mol. The smallest absolute Gasteiger partial charge is 0.282 e. The van der Waals surface area contributed by atoms with E-state index < -0.39 is 11.8 Å². The molecule has 4 rings (SSSR count). The lowest BCUT2D eigenvalue weighted by atomic mass is 10.1. The van der Waals surface area contributed by atoms with E-state index in [1.165, 1.54) is 18.2 Å². The predicted octanol–water partition coefficient (Wildman–Crippen LogP) is 4.25. The van der Waals surface area contributed by atoms with E-state index in [0.717, 1.165) is 5.56 Å². The molecular formula is C26H22BrN3O5. The molecule has 0 atom stereocenters. The van der Waals surface area contributed by atoms with Crippen molar-refractivity contribution >= 4 is 51.1 Å². The van der Waals surface area contributed by atoms with Gasteiger partial charge in [0.2, 0.25) is 0 Å². The maximum absolute atomic E-state index is 13.0. The number of hydrogen-bond donors (Lipinski definition) is 2. The van der Waals surface area contributed by atoms with Crippen molar-refractivity contribution in [2.24, 2.45) is 0 Å². The van der Waals surface area contributed by atoms with Gasteiger partial charge >= 0.3 is 0 Å². The number of nitrogens with one attached hydrogen (secondary N) is 2. The summed E-state index contributed by atoms with van der Waals surface area (Å²) in [6.45, 7) is 1.58. The van der Waals surface area contributed by atoms with Gasteiger partial charge in [0.1, 0.15) is 5.57 Å². The quantitative estimate of drug-likeness (QED) is 0.348. The highest BCUT2D eigenvalue weighted by Gasteiger charge is 2.34. The molecule has 0 saturated carbocycles. The zero-order chi connectivity index (χ0) is 24.9. The van der Waals surface area contributed by atoms with Crippen molar-refractivity contribution in [2.45, 2.75) is 6.92 Å². The van der Waals surface area contributed by atoms with Crippen LogP contribution in [-0.2, 0) is 14.4 Å². The molecule has 8 nitrogen and oxygen atoms in total. The van der Waals surface area contributed by atoms with Gasteiger partial charge in [-0.05, 0) is 48.9 Å². The average molecular weight is 536 g/mol. The van der Waals surface area contributed by atoms with Crippen molar-refractivity contribution in [1.29, 1.82) is 0 Å². The number of amides is 3. The number of halogens is 1. The molecule has 1 saturated heterocycles. The summed E-state index contributed by atoms with van der Waals surface area (Å²) in [5, 5.41) is 3.99. The number of ether oxygens (including phenoxy) is 2. The second-order valence-corrected chi connectivity index (χ2v) is 8.57. The van der Waals surface area contributed by atoms with Gasteiger partial charge < -0.3 is 14.8 Å². The molecule has 9 heteroatoms. The van der Waals surface area contributed by atoms with Crippen molar-refractivity contribution < 1.29 is 23.9 Å². The number of carbonyl (C=O) groups excluding carboxylic acids is 3. The molecule has 0 unspecified atom stereocenters. The molecular weight excluding hydrogens is 514 g/mol. The average Bonchev–Trinajstić information content (AvgIpc) is 3.13. The fraction of sp³-hybridized carbons (Fsp3) is 0.115. The number of hydrazine groups is 1. The van der Waals surface area contributed by atoms with Gasteiger partial charge in [-0.1, -0.05) is 52.3 Å². The Morgan fingerprint density at radius 1 is 1.09 bits per heavy atom. The maximum atomic E-state index is 13.0. The Labute approximate surface area is 210 Å². The third-order valence-electron chi connectivity index (χ3n) is 5.24. The molecule has 2 N–H and O–H groups in total. The van der Waals surface area contributed by atoms with Gasteiger partial charge in [-0.15, -0.1) is 0 Å². The van der Waals surface area contributed by atoms with Crippen LogP contribution in [0, 0.1) is 6.92 Å². The number of anilines is 2. The molecule has 0 radical (unpaired) electrons. The lowest BCUT2D eigenvalue weighted by Crippen LogP contribution is -2.35. The Morgan fingerprint density at radius 2 is 1.80 bits per heavy atom. The summed E-state index contributed by atoms with van der Waals surface area (Å²) in [7, 11) is 1.46. The molecule has 1 aliphatic rings. The molecule has 3 aromatic carbocycles. The second-order valence-electron chi connectivity index (χ2n) is 7.65. The molecule has 0 aliphatic carbocycles. The summed E-state index contributed by atoms with van der Waals surface area (Å²) >= 11 is 3.41. The first-order chi connectivity index (χ1) is 16.9. The number of benzene rings is 3. The molecule has 0 bridgehead atoms. The van der Waals surface area contributed by atoms with Crippen LogP contribution in [0.4, 0.5) is 11.4 Å². The highest BCUT2D eigenvalue weighted by molar-refractivity contribution is 9.10. The number of aryl methyl sites for hydroxylation is 1. The first-order valence-corrected chi connectivity index (χ1v) is 11.4. The zero-order valence-electron chi connectivity index (χ0n) is 19.0. The Morgan fingerprint density at radius 3 is 2.51 bits per heavy atom. The standard InChI is InChI=1S/C26H22BrN3O5/c1-16-8-6-7-11-21(16)28-23(31)15-35-24-17(12-18(27)14-22(24)34-2)13-20-25(32)29-30(26(20)33)19-9-4-3-5-10-19/h3-14H,15H2,1-2H3,(H,28,31)(H,29,32)/b20-13+. The van der Waals surface area contributed by atoms with E-state index in [0.29, 0.717) is 27.2 Å². The van der Waals surface area contributed by atoms with E-state index in [9.17, 15) is 14.4 Å². The molecule has 1 aliphatic heterocycles. The van der Waals surface area contributed by atoms with E-state index in [-0.39, 0.29) is 23.8 Å². The maximum Gasteiger partial charge on any atom is 0.282 e. The summed E-state index contributed by atoms with van der Waals surface area (Å²) in [5.74, 6) is -0.875. The van der Waals surface area contributed by atoms with Crippen LogP contribution in [0.25, 0.3) is 6.08 Å². The molecule has 1 fully saturated rings. The minimum atomic E-state index is -0.555. The Hall–Kier alpha value is -4.11. The third kappa shape index (κ3) is 5.36. The number of hydrogen-bond acceptors (Lipinski definition) is 5. The fourth-order valence-corrected chi connectivity index (χ4v) is 3.97. The summed E-state index contributed by atoms with van der Waals surface area (Å²) < 4.78 is 11.9.